The molecule has 0 aliphatic rings. The summed E-state index contributed by atoms with van der Waals surface area (Å²) in [7, 11) is 1.81. The zero-order chi connectivity index (χ0) is 19.2. The van der Waals surface area contributed by atoms with Crippen LogP contribution >= 0.6 is 0 Å². The first kappa shape index (κ1) is 18.9. The van der Waals surface area contributed by atoms with Crippen LogP contribution in [0.1, 0.15) is 23.6 Å². The molecular formula is C22H25N3O2. The van der Waals surface area contributed by atoms with Gasteiger partial charge in [0.2, 0.25) is 0 Å². The summed E-state index contributed by atoms with van der Waals surface area (Å²) in [5.74, 6) is -0.831. The number of aryl methyl sites for hydroxylation is 1. The van der Waals surface area contributed by atoms with Crippen LogP contribution in [-0.2, 0) is 24.3 Å². The molecule has 27 heavy (non-hydrogen) atoms. The van der Waals surface area contributed by atoms with Gasteiger partial charge in [0.25, 0.3) is 0 Å². The maximum atomic E-state index is 11.0. The second-order valence-corrected chi connectivity index (χ2v) is 6.80. The van der Waals surface area contributed by atoms with E-state index in [1.165, 1.54) is 11.1 Å². The van der Waals surface area contributed by atoms with Crippen molar-refractivity contribution in [3.8, 4) is 11.3 Å². The quantitative estimate of drug-likeness (QED) is 0.663. The summed E-state index contributed by atoms with van der Waals surface area (Å²) >= 11 is 0. The van der Waals surface area contributed by atoms with Crippen molar-refractivity contribution in [1.29, 1.82) is 0 Å². The molecule has 0 aliphatic carbocycles. The van der Waals surface area contributed by atoms with Crippen LogP contribution in [0.25, 0.3) is 11.3 Å². The van der Waals surface area contributed by atoms with E-state index >= 15 is 0 Å². The SMILES string of the molecule is CCc1ccc(-c2nn(Cc3ccccc3)cc2CN(C)CC(=O)O)cc1. The van der Waals surface area contributed by atoms with E-state index in [0.717, 1.165) is 23.2 Å². The molecule has 0 spiro atoms. The van der Waals surface area contributed by atoms with Gasteiger partial charge in [-0.2, -0.15) is 5.10 Å². The van der Waals surface area contributed by atoms with E-state index in [4.69, 9.17) is 10.2 Å². The number of aliphatic carboxylic acids is 1. The molecule has 0 radical (unpaired) electrons. The zero-order valence-electron chi connectivity index (χ0n) is 15.8. The summed E-state index contributed by atoms with van der Waals surface area (Å²) in [6.07, 6.45) is 3.02. The Labute approximate surface area is 159 Å². The van der Waals surface area contributed by atoms with Crippen molar-refractivity contribution in [3.05, 3.63) is 77.5 Å². The minimum absolute atomic E-state index is 0.00191. The average Bonchev–Trinajstić information content (AvgIpc) is 3.04. The molecule has 0 amide bonds. The summed E-state index contributed by atoms with van der Waals surface area (Å²) in [6, 6.07) is 18.6. The van der Waals surface area contributed by atoms with Gasteiger partial charge in [0, 0.05) is 23.9 Å². The second-order valence-electron chi connectivity index (χ2n) is 6.80. The van der Waals surface area contributed by atoms with E-state index in [0.29, 0.717) is 13.1 Å². The van der Waals surface area contributed by atoms with Gasteiger partial charge in [0.1, 0.15) is 0 Å². The van der Waals surface area contributed by atoms with E-state index in [1.54, 1.807) is 4.90 Å². The van der Waals surface area contributed by atoms with Crippen LogP contribution in [0.3, 0.4) is 0 Å². The Hall–Kier alpha value is -2.92. The van der Waals surface area contributed by atoms with Crippen molar-refractivity contribution in [2.75, 3.05) is 13.6 Å². The van der Waals surface area contributed by atoms with E-state index in [-0.39, 0.29) is 6.54 Å². The van der Waals surface area contributed by atoms with E-state index in [2.05, 4.69) is 43.3 Å². The number of nitrogens with zero attached hydrogens (tertiary/aromatic N) is 3. The van der Waals surface area contributed by atoms with E-state index < -0.39 is 5.97 Å². The molecule has 140 valence electrons. The lowest BCUT2D eigenvalue weighted by Gasteiger charge is -2.13. The molecule has 2 aromatic carbocycles. The van der Waals surface area contributed by atoms with E-state index in [9.17, 15) is 4.79 Å². The number of carbonyl (C=O) groups is 1. The molecule has 3 rings (SSSR count). The number of rotatable bonds is 8. The van der Waals surface area contributed by atoms with Crippen molar-refractivity contribution >= 4 is 5.97 Å². The fourth-order valence-corrected chi connectivity index (χ4v) is 3.15. The van der Waals surface area contributed by atoms with Crippen LogP contribution in [0.2, 0.25) is 0 Å². The zero-order valence-corrected chi connectivity index (χ0v) is 15.8. The molecule has 0 atom stereocenters. The molecule has 1 heterocycles. The minimum atomic E-state index is -0.831. The third-order valence-corrected chi connectivity index (χ3v) is 4.51. The number of hydrogen-bond donors (Lipinski definition) is 1. The van der Waals surface area contributed by atoms with E-state index in [1.807, 2.05) is 36.1 Å². The molecule has 3 aromatic rings. The number of hydrogen-bond acceptors (Lipinski definition) is 3. The van der Waals surface area contributed by atoms with Crippen molar-refractivity contribution in [2.24, 2.45) is 0 Å². The summed E-state index contributed by atoms with van der Waals surface area (Å²) in [5.41, 5.74) is 5.45. The summed E-state index contributed by atoms with van der Waals surface area (Å²) in [6.45, 7) is 3.35. The van der Waals surface area contributed by atoms with Crippen molar-refractivity contribution in [1.82, 2.24) is 14.7 Å². The monoisotopic (exact) mass is 363 g/mol. The molecule has 0 saturated carbocycles. The van der Waals surface area contributed by atoms with Crippen molar-refractivity contribution in [3.63, 3.8) is 0 Å². The molecule has 0 unspecified atom stereocenters. The summed E-state index contributed by atoms with van der Waals surface area (Å²) in [5, 5.41) is 13.8. The molecule has 5 heteroatoms. The predicted molar refractivity (Wildman–Crippen MR) is 107 cm³/mol. The molecular weight excluding hydrogens is 338 g/mol. The molecule has 0 aliphatic heterocycles. The van der Waals surface area contributed by atoms with Gasteiger partial charge in [-0.05, 0) is 24.6 Å². The topological polar surface area (TPSA) is 58.4 Å². The van der Waals surface area contributed by atoms with Gasteiger partial charge in [-0.1, -0.05) is 61.5 Å². The average molecular weight is 363 g/mol. The Bertz CT molecular complexity index is 886. The lowest BCUT2D eigenvalue weighted by Crippen LogP contribution is -2.25. The highest BCUT2D eigenvalue weighted by molar-refractivity contribution is 5.69. The summed E-state index contributed by atoms with van der Waals surface area (Å²) < 4.78 is 1.93. The molecule has 0 saturated heterocycles. The molecule has 5 nitrogen and oxygen atoms in total. The Balaban J connectivity index is 1.91. The third kappa shape index (κ3) is 5.05. The van der Waals surface area contributed by atoms with Gasteiger partial charge in [-0.15, -0.1) is 0 Å². The largest absolute Gasteiger partial charge is 0.480 e. The van der Waals surface area contributed by atoms with Gasteiger partial charge in [-0.3, -0.25) is 14.4 Å². The first-order chi connectivity index (χ1) is 13.0. The van der Waals surface area contributed by atoms with Crippen molar-refractivity contribution < 1.29 is 9.90 Å². The maximum absolute atomic E-state index is 11.0. The maximum Gasteiger partial charge on any atom is 0.317 e. The number of carboxylic acids is 1. The molecule has 0 bridgehead atoms. The Morgan fingerprint density at radius 2 is 1.78 bits per heavy atom. The minimum Gasteiger partial charge on any atom is -0.480 e. The van der Waals surface area contributed by atoms with Crippen LogP contribution in [-0.4, -0.2) is 39.3 Å². The van der Waals surface area contributed by atoms with Gasteiger partial charge in [0.15, 0.2) is 0 Å². The molecule has 1 aromatic heterocycles. The number of benzene rings is 2. The Morgan fingerprint density at radius 1 is 1.07 bits per heavy atom. The summed E-state index contributed by atoms with van der Waals surface area (Å²) in [4.78, 5) is 12.8. The van der Waals surface area contributed by atoms with Crippen LogP contribution in [0.15, 0.2) is 60.8 Å². The van der Waals surface area contributed by atoms with Crippen LogP contribution in [0.4, 0.5) is 0 Å². The lowest BCUT2D eigenvalue weighted by molar-refractivity contribution is -0.138. The fourth-order valence-electron chi connectivity index (χ4n) is 3.15. The fraction of sp³-hybridized carbons (Fsp3) is 0.273. The Kier molecular flexibility index (Phi) is 6.04. The Morgan fingerprint density at radius 3 is 2.41 bits per heavy atom. The number of carboxylic acid groups (broad SMARTS) is 1. The number of aromatic nitrogens is 2. The smallest absolute Gasteiger partial charge is 0.317 e. The lowest BCUT2D eigenvalue weighted by atomic mass is 10.0. The highest BCUT2D eigenvalue weighted by Gasteiger charge is 2.15. The molecule has 1 N–H and O–H groups in total. The second kappa shape index (κ2) is 8.64. The van der Waals surface area contributed by atoms with Gasteiger partial charge in [-0.25, -0.2) is 0 Å². The first-order valence-electron chi connectivity index (χ1n) is 9.15. The van der Waals surface area contributed by atoms with Gasteiger partial charge >= 0.3 is 5.97 Å². The standard InChI is InChI=1S/C22H25N3O2/c1-3-17-9-11-19(12-10-17)22-20(14-24(2)16-21(26)27)15-25(23-22)13-18-7-5-4-6-8-18/h4-12,15H,3,13-14,16H2,1-2H3,(H,26,27). The predicted octanol–water partition coefficient (Wildman–Crippen LogP) is 3.68. The van der Waals surface area contributed by atoms with Crippen LogP contribution < -0.4 is 0 Å². The highest BCUT2D eigenvalue weighted by Crippen LogP contribution is 2.24. The number of likely N-dealkylation sites (N-methyl/N-ethyl adjacent to an activating group) is 1. The molecule has 0 fully saturated rings. The normalized spacial score (nSPS) is 11.1. The highest BCUT2D eigenvalue weighted by atomic mass is 16.4. The third-order valence-electron chi connectivity index (χ3n) is 4.51. The van der Waals surface area contributed by atoms with Crippen LogP contribution in [0.5, 0.6) is 0 Å². The van der Waals surface area contributed by atoms with Gasteiger partial charge < -0.3 is 5.11 Å². The van der Waals surface area contributed by atoms with Crippen molar-refractivity contribution in [2.45, 2.75) is 26.4 Å². The first-order valence-corrected chi connectivity index (χ1v) is 9.15. The van der Waals surface area contributed by atoms with Crippen LogP contribution in [0, 0.1) is 0 Å². The van der Waals surface area contributed by atoms with Gasteiger partial charge in [0.05, 0.1) is 18.8 Å².